The molecule has 0 saturated carbocycles. The van der Waals surface area contributed by atoms with E-state index < -0.39 is 0 Å². The first-order valence-electron chi connectivity index (χ1n) is 9.30. The lowest BCUT2D eigenvalue weighted by atomic mass is 9.87. The van der Waals surface area contributed by atoms with Crippen molar-refractivity contribution in [3.05, 3.63) is 51.9 Å². The van der Waals surface area contributed by atoms with E-state index in [1.165, 1.54) is 10.1 Å². The Morgan fingerprint density at radius 3 is 2.48 bits per heavy atom. The Morgan fingerprint density at radius 2 is 1.81 bits per heavy atom. The van der Waals surface area contributed by atoms with Gasteiger partial charge in [0.2, 0.25) is 0 Å². The number of nitrogens with zero attached hydrogens (tertiary/aromatic N) is 4. The van der Waals surface area contributed by atoms with E-state index in [9.17, 15) is 4.79 Å². The Hall–Kier alpha value is -2.51. The molecule has 142 valence electrons. The number of ether oxygens (including phenoxy) is 1. The van der Waals surface area contributed by atoms with Crippen LogP contribution in [0.3, 0.4) is 0 Å². The molecule has 1 saturated heterocycles. The van der Waals surface area contributed by atoms with Crippen molar-refractivity contribution >= 4 is 5.78 Å². The fourth-order valence-corrected chi connectivity index (χ4v) is 3.25. The highest BCUT2D eigenvalue weighted by molar-refractivity contribution is 5.57. The third kappa shape index (κ3) is 3.79. The molecule has 0 amide bonds. The Bertz CT molecular complexity index is 992. The first-order chi connectivity index (χ1) is 12.9. The molecule has 27 heavy (non-hydrogen) atoms. The first kappa shape index (κ1) is 17.9. The van der Waals surface area contributed by atoms with Crippen LogP contribution in [0, 0.1) is 0 Å². The number of benzene rings is 1. The van der Waals surface area contributed by atoms with Crippen LogP contribution in [0.15, 0.2) is 35.1 Å². The largest absolute Gasteiger partial charge is 0.379 e. The number of fused-ring (bicyclic) bond motifs is 1. The first-order valence-corrected chi connectivity index (χ1v) is 9.30. The third-order valence-corrected chi connectivity index (χ3v) is 4.90. The van der Waals surface area contributed by atoms with Gasteiger partial charge in [-0.25, -0.2) is 4.98 Å². The number of hydrogen-bond donors (Lipinski definition) is 1. The molecule has 0 spiro atoms. The van der Waals surface area contributed by atoms with E-state index in [0.717, 1.165) is 37.6 Å². The highest BCUT2D eigenvalue weighted by Gasteiger charge is 2.16. The molecular weight excluding hydrogens is 342 g/mol. The molecular formula is C20H25N5O2. The fraction of sp³-hybridized carbons (Fsp3) is 0.450. The van der Waals surface area contributed by atoms with Gasteiger partial charge in [-0.3, -0.25) is 14.8 Å². The van der Waals surface area contributed by atoms with Crippen molar-refractivity contribution in [1.29, 1.82) is 0 Å². The topological polar surface area (TPSA) is 75.5 Å². The summed E-state index contributed by atoms with van der Waals surface area (Å²) < 4.78 is 6.77. The smallest absolute Gasteiger partial charge is 0.274 e. The zero-order valence-corrected chi connectivity index (χ0v) is 16.0. The minimum Gasteiger partial charge on any atom is -0.379 e. The van der Waals surface area contributed by atoms with Gasteiger partial charge in [-0.2, -0.15) is 9.50 Å². The van der Waals surface area contributed by atoms with Crippen molar-refractivity contribution < 1.29 is 4.74 Å². The van der Waals surface area contributed by atoms with Crippen LogP contribution in [-0.2, 0) is 16.7 Å². The minimum atomic E-state index is -0.145. The second-order valence-electron chi connectivity index (χ2n) is 8.01. The summed E-state index contributed by atoms with van der Waals surface area (Å²) in [4.78, 5) is 23.8. The molecule has 1 N–H and O–H groups in total. The van der Waals surface area contributed by atoms with Crippen LogP contribution in [0.4, 0.5) is 0 Å². The number of morpholine rings is 1. The molecule has 7 heteroatoms. The van der Waals surface area contributed by atoms with E-state index in [0.29, 0.717) is 18.1 Å². The molecule has 1 fully saturated rings. The van der Waals surface area contributed by atoms with Crippen LogP contribution >= 0.6 is 0 Å². The molecule has 0 radical (unpaired) electrons. The maximum Gasteiger partial charge on any atom is 0.274 e. The van der Waals surface area contributed by atoms with Gasteiger partial charge in [-0.05, 0) is 11.0 Å². The predicted octanol–water partition coefficient (Wildman–Crippen LogP) is 2.21. The molecule has 1 aliphatic heterocycles. The van der Waals surface area contributed by atoms with Gasteiger partial charge in [0.05, 0.1) is 18.9 Å². The van der Waals surface area contributed by atoms with Crippen LogP contribution in [0.25, 0.3) is 17.2 Å². The van der Waals surface area contributed by atoms with Gasteiger partial charge in [0.1, 0.15) is 0 Å². The summed E-state index contributed by atoms with van der Waals surface area (Å²) >= 11 is 0. The highest BCUT2D eigenvalue weighted by atomic mass is 16.5. The molecule has 1 aliphatic rings. The van der Waals surface area contributed by atoms with Crippen molar-refractivity contribution in [2.24, 2.45) is 0 Å². The van der Waals surface area contributed by atoms with E-state index in [4.69, 9.17) is 4.74 Å². The number of nitrogens with one attached hydrogen (secondary N) is 1. The quantitative estimate of drug-likeness (QED) is 0.768. The minimum absolute atomic E-state index is 0.0965. The van der Waals surface area contributed by atoms with Crippen LogP contribution in [-0.4, -0.2) is 50.8 Å². The lowest BCUT2D eigenvalue weighted by molar-refractivity contribution is 0.0336. The molecule has 0 aliphatic carbocycles. The highest BCUT2D eigenvalue weighted by Crippen LogP contribution is 2.24. The Labute approximate surface area is 158 Å². The monoisotopic (exact) mass is 367 g/mol. The molecule has 0 bridgehead atoms. The summed E-state index contributed by atoms with van der Waals surface area (Å²) in [6.07, 6.45) is 0. The van der Waals surface area contributed by atoms with Crippen LogP contribution in [0.5, 0.6) is 0 Å². The molecule has 0 unspecified atom stereocenters. The van der Waals surface area contributed by atoms with Crippen molar-refractivity contribution in [1.82, 2.24) is 24.5 Å². The second-order valence-corrected chi connectivity index (χ2v) is 8.01. The zero-order valence-electron chi connectivity index (χ0n) is 16.0. The summed E-state index contributed by atoms with van der Waals surface area (Å²) in [5.41, 5.74) is 2.88. The van der Waals surface area contributed by atoms with E-state index in [1.54, 1.807) is 6.07 Å². The SMILES string of the molecule is CC(C)(C)c1ccc(-c2nc3nc(CN4CCOCC4)cc(=O)n3[nH]2)cc1. The molecule has 0 atom stereocenters. The molecule has 3 heterocycles. The van der Waals surface area contributed by atoms with Crippen molar-refractivity contribution in [2.45, 2.75) is 32.7 Å². The Kier molecular flexibility index (Phi) is 4.57. The van der Waals surface area contributed by atoms with Crippen molar-refractivity contribution in [3.63, 3.8) is 0 Å². The Balaban J connectivity index is 1.63. The van der Waals surface area contributed by atoms with E-state index in [-0.39, 0.29) is 11.0 Å². The molecule has 4 rings (SSSR count). The summed E-state index contributed by atoms with van der Waals surface area (Å²) in [5, 5.41) is 3.07. The fourth-order valence-electron chi connectivity index (χ4n) is 3.25. The van der Waals surface area contributed by atoms with Gasteiger partial charge in [0.15, 0.2) is 5.82 Å². The zero-order chi connectivity index (χ0) is 19.0. The molecule has 2 aromatic heterocycles. The number of aromatic nitrogens is 4. The predicted molar refractivity (Wildman–Crippen MR) is 104 cm³/mol. The number of rotatable bonds is 3. The van der Waals surface area contributed by atoms with Crippen LogP contribution < -0.4 is 5.56 Å². The summed E-state index contributed by atoms with van der Waals surface area (Å²) in [6.45, 7) is 10.3. The van der Waals surface area contributed by atoms with E-state index in [1.807, 2.05) is 12.1 Å². The van der Waals surface area contributed by atoms with Gasteiger partial charge in [0, 0.05) is 31.3 Å². The average molecular weight is 367 g/mol. The molecule has 3 aromatic rings. The van der Waals surface area contributed by atoms with Crippen LogP contribution in [0.2, 0.25) is 0 Å². The molecule has 7 nitrogen and oxygen atoms in total. The lowest BCUT2D eigenvalue weighted by Gasteiger charge is -2.25. The van der Waals surface area contributed by atoms with Gasteiger partial charge in [-0.1, -0.05) is 45.0 Å². The van der Waals surface area contributed by atoms with E-state index >= 15 is 0 Å². The maximum atomic E-state index is 12.5. The maximum absolute atomic E-state index is 12.5. The third-order valence-electron chi connectivity index (χ3n) is 4.90. The van der Waals surface area contributed by atoms with Gasteiger partial charge in [-0.15, -0.1) is 0 Å². The normalized spacial score (nSPS) is 16.1. The van der Waals surface area contributed by atoms with Gasteiger partial charge < -0.3 is 4.74 Å². The standard InChI is InChI=1S/C20H25N5O2/c1-20(2,3)15-6-4-14(5-7-15)18-22-19-21-16(12-17(26)25(19)23-18)13-24-8-10-27-11-9-24/h4-7,12H,8-11,13H2,1-3H3,(H,21,22,23). The summed E-state index contributed by atoms with van der Waals surface area (Å²) in [5.74, 6) is 1.05. The van der Waals surface area contributed by atoms with E-state index in [2.05, 4.69) is 52.9 Å². The Morgan fingerprint density at radius 1 is 1.11 bits per heavy atom. The number of aromatic amines is 1. The second kappa shape index (κ2) is 6.90. The van der Waals surface area contributed by atoms with Crippen molar-refractivity contribution in [3.8, 4) is 11.4 Å². The summed E-state index contributed by atoms with van der Waals surface area (Å²) in [7, 11) is 0. The van der Waals surface area contributed by atoms with Crippen molar-refractivity contribution in [2.75, 3.05) is 26.3 Å². The summed E-state index contributed by atoms with van der Waals surface area (Å²) in [6, 6.07) is 9.83. The van der Waals surface area contributed by atoms with Crippen LogP contribution in [0.1, 0.15) is 32.0 Å². The average Bonchev–Trinajstić information content (AvgIpc) is 3.07. The lowest BCUT2D eigenvalue weighted by Crippen LogP contribution is -2.36. The van der Waals surface area contributed by atoms with Gasteiger partial charge in [0.25, 0.3) is 11.3 Å². The molecule has 1 aromatic carbocycles. The van der Waals surface area contributed by atoms with Gasteiger partial charge >= 0.3 is 0 Å². The number of hydrogen-bond acceptors (Lipinski definition) is 5. The number of H-pyrrole nitrogens is 1.